The smallest absolute Gasteiger partial charge is 0.352 e. The average molecular weight is 660 g/mol. The molecule has 2 atom stereocenters. The summed E-state index contributed by atoms with van der Waals surface area (Å²) < 4.78 is 0. The summed E-state index contributed by atoms with van der Waals surface area (Å²) >= 11 is 2.57. The summed E-state index contributed by atoms with van der Waals surface area (Å²) in [4.78, 5) is 67.8. The fraction of sp³-hybridized carbons (Fsp3) is 0.226. The number of amides is 3. The van der Waals surface area contributed by atoms with Crippen LogP contribution in [0.5, 0.6) is 5.75 Å². The van der Waals surface area contributed by atoms with Crippen molar-refractivity contribution in [1.29, 1.82) is 0 Å². The summed E-state index contributed by atoms with van der Waals surface area (Å²) in [5, 5.41) is 22.3. The second kappa shape index (κ2) is 13.5. The van der Waals surface area contributed by atoms with Crippen molar-refractivity contribution < 1.29 is 29.4 Å². The number of carbonyl (C=O) groups excluding carboxylic acids is 3. The summed E-state index contributed by atoms with van der Waals surface area (Å²) in [5.41, 5.74) is 3.25. The molecule has 2 fully saturated rings. The first-order valence-electron chi connectivity index (χ1n) is 14.3. The molecule has 2 aromatic heterocycles. The molecule has 2 aromatic carbocycles. The highest BCUT2D eigenvalue weighted by Gasteiger charge is 2.54. The number of β-lactam (4-membered cyclic amide) rings is 1. The number of nitrogens with zero attached hydrogens (tertiary/aromatic N) is 4. The Balaban J connectivity index is 0.000000679. The number of H-pyrrole nitrogens is 2. The molecule has 3 aliphatic heterocycles. The fourth-order valence-electron chi connectivity index (χ4n) is 5.30. The van der Waals surface area contributed by atoms with E-state index < -0.39 is 23.3 Å². The average Bonchev–Trinajstić information content (AvgIpc) is 3.83. The number of phenols is 1. The van der Waals surface area contributed by atoms with Crippen molar-refractivity contribution in [2.75, 3.05) is 18.1 Å². The number of aromatic hydroxyl groups is 1. The van der Waals surface area contributed by atoms with Gasteiger partial charge in [-0.3, -0.25) is 19.3 Å². The maximum atomic E-state index is 13.0. The van der Waals surface area contributed by atoms with Crippen molar-refractivity contribution in [3.8, 4) is 5.75 Å². The molecule has 3 aliphatic rings. The zero-order valence-corrected chi connectivity index (χ0v) is 25.9. The topological polar surface area (TPSA) is 185 Å². The third kappa shape index (κ3) is 6.65. The van der Waals surface area contributed by atoms with Gasteiger partial charge in [-0.2, -0.15) is 0 Å². The van der Waals surface area contributed by atoms with Gasteiger partial charge in [-0.05, 0) is 47.9 Å². The minimum Gasteiger partial charge on any atom is -0.508 e. The maximum absolute atomic E-state index is 13.0. The number of phenolic OH excluding ortho intramolecular Hbond substituents is 1. The molecule has 5 heterocycles. The van der Waals surface area contributed by atoms with Crippen LogP contribution in [0.3, 0.4) is 0 Å². The summed E-state index contributed by atoms with van der Waals surface area (Å²) in [5.74, 6) is -1.82. The Morgan fingerprint density at radius 2 is 1.96 bits per heavy atom. The van der Waals surface area contributed by atoms with E-state index in [0.717, 1.165) is 16.6 Å². The van der Waals surface area contributed by atoms with Gasteiger partial charge in [-0.15, -0.1) is 11.8 Å². The van der Waals surface area contributed by atoms with E-state index in [1.54, 1.807) is 54.0 Å². The summed E-state index contributed by atoms with van der Waals surface area (Å²) in [6, 6.07) is 13.3. The number of benzene rings is 2. The van der Waals surface area contributed by atoms with Gasteiger partial charge in [0.2, 0.25) is 11.8 Å². The van der Waals surface area contributed by atoms with E-state index >= 15 is 0 Å². The number of rotatable bonds is 8. The van der Waals surface area contributed by atoms with Crippen molar-refractivity contribution in [2.24, 2.45) is 0 Å². The SMILES string of the molecule is O=C(CSc1nc2ccccc2[nH]1)N[C@@H]1C(=O)N2C(C(=O)O)=C(/C=C3\CCN(Cc4ccc(O)cc4)C3=O)CS[C@H]12.c1c[nH]cn1. The number of hydrogen-bond acceptors (Lipinski definition) is 9. The van der Waals surface area contributed by atoms with Crippen molar-refractivity contribution >= 4 is 58.2 Å². The summed E-state index contributed by atoms with van der Waals surface area (Å²) in [6.07, 6.45) is 7.13. The number of carbonyl (C=O) groups is 4. The van der Waals surface area contributed by atoms with E-state index in [1.165, 1.54) is 28.4 Å². The Kier molecular flexibility index (Phi) is 9.12. The highest BCUT2D eigenvalue weighted by atomic mass is 32.2. The van der Waals surface area contributed by atoms with E-state index in [0.29, 0.717) is 35.8 Å². The molecular weight excluding hydrogens is 631 g/mol. The third-order valence-electron chi connectivity index (χ3n) is 7.50. The first kappa shape index (κ1) is 31.0. The molecule has 0 aliphatic carbocycles. The first-order valence-corrected chi connectivity index (χ1v) is 16.3. The Morgan fingerprint density at radius 3 is 2.65 bits per heavy atom. The molecule has 4 aromatic rings. The van der Waals surface area contributed by atoms with Gasteiger partial charge < -0.3 is 30.4 Å². The van der Waals surface area contributed by atoms with Gasteiger partial charge in [-0.25, -0.2) is 14.8 Å². The van der Waals surface area contributed by atoms with Crippen LogP contribution < -0.4 is 5.32 Å². The molecule has 236 valence electrons. The number of carboxylic acids is 1. The zero-order chi connectivity index (χ0) is 32.2. The lowest BCUT2D eigenvalue weighted by atomic mass is 10.0. The quantitative estimate of drug-likeness (QED) is 0.107. The van der Waals surface area contributed by atoms with Crippen molar-refractivity contribution in [3.05, 3.63) is 95.7 Å². The van der Waals surface area contributed by atoms with E-state index in [2.05, 4.69) is 25.3 Å². The molecule has 5 N–H and O–H groups in total. The van der Waals surface area contributed by atoms with E-state index in [-0.39, 0.29) is 34.8 Å². The monoisotopic (exact) mass is 659 g/mol. The second-order valence-corrected chi connectivity index (χ2v) is 12.6. The van der Waals surface area contributed by atoms with Crippen LogP contribution in [0.2, 0.25) is 0 Å². The van der Waals surface area contributed by atoms with Crippen LogP contribution in [0.25, 0.3) is 11.0 Å². The number of aromatic amines is 2. The van der Waals surface area contributed by atoms with Crippen LogP contribution in [-0.2, 0) is 25.7 Å². The molecule has 46 heavy (non-hydrogen) atoms. The molecule has 0 saturated carbocycles. The molecular formula is C31H29N7O6S2. The zero-order valence-electron chi connectivity index (χ0n) is 24.3. The van der Waals surface area contributed by atoms with Gasteiger partial charge in [0.05, 0.1) is 23.1 Å². The molecule has 7 rings (SSSR count). The van der Waals surface area contributed by atoms with Crippen LogP contribution >= 0.6 is 23.5 Å². The van der Waals surface area contributed by atoms with Crippen LogP contribution in [0.1, 0.15) is 12.0 Å². The summed E-state index contributed by atoms with van der Waals surface area (Å²) in [6.45, 7) is 0.860. The van der Waals surface area contributed by atoms with Crippen LogP contribution in [0.15, 0.2) is 95.3 Å². The maximum Gasteiger partial charge on any atom is 0.352 e. The molecule has 15 heteroatoms. The highest BCUT2D eigenvalue weighted by Crippen LogP contribution is 2.41. The van der Waals surface area contributed by atoms with E-state index in [1.807, 2.05) is 24.3 Å². The summed E-state index contributed by atoms with van der Waals surface area (Å²) in [7, 11) is 0. The number of thioether (sulfide) groups is 2. The number of aliphatic carboxylic acids is 1. The van der Waals surface area contributed by atoms with Crippen molar-refractivity contribution in [1.82, 2.24) is 35.1 Å². The van der Waals surface area contributed by atoms with Crippen molar-refractivity contribution in [2.45, 2.75) is 29.5 Å². The van der Waals surface area contributed by atoms with E-state index in [4.69, 9.17) is 0 Å². The van der Waals surface area contributed by atoms with Crippen molar-refractivity contribution in [3.63, 3.8) is 0 Å². The third-order valence-corrected chi connectivity index (χ3v) is 9.68. The normalized spacial score (nSPS) is 20.0. The standard InChI is InChI=1S/C28H25N5O6S2.C3H4N2/c34-18-7-5-15(6-8-18)12-32-10-9-16(24(32)36)11-17-13-40-26-22(25(37)33(26)23(17)27(38)39)31-21(35)14-41-28-29-19-3-1-2-4-20(19)30-28;1-2-5-3-4-1/h1-8,11,22,26,34H,9-10,12-14H2,(H,29,30)(H,31,35)(H,38,39);1-3H,(H,4,5)/b16-11+;/t22-,26-;/m1./s1. The van der Waals surface area contributed by atoms with E-state index in [9.17, 15) is 29.4 Å². The molecule has 3 amide bonds. The molecule has 0 unspecified atom stereocenters. The predicted octanol–water partition coefficient (Wildman–Crippen LogP) is 2.87. The van der Waals surface area contributed by atoms with Gasteiger partial charge >= 0.3 is 5.97 Å². The molecule has 0 spiro atoms. The Hall–Kier alpha value is -5.02. The van der Waals surface area contributed by atoms with Gasteiger partial charge in [0.15, 0.2) is 5.16 Å². The minimum atomic E-state index is -1.26. The number of para-hydroxylation sites is 2. The fourth-order valence-corrected chi connectivity index (χ4v) is 7.30. The minimum absolute atomic E-state index is 0.0444. The van der Waals surface area contributed by atoms with Crippen LogP contribution in [0, 0.1) is 0 Å². The molecule has 0 radical (unpaired) electrons. The number of nitrogens with one attached hydrogen (secondary N) is 3. The Labute approximate surface area is 271 Å². The van der Waals surface area contributed by atoms with Gasteiger partial charge in [0.25, 0.3) is 5.91 Å². The largest absolute Gasteiger partial charge is 0.508 e. The lowest BCUT2D eigenvalue weighted by Crippen LogP contribution is -2.70. The Bertz CT molecular complexity index is 1790. The number of likely N-dealkylation sites (tertiary alicyclic amines) is 1. The first-order chi connectivity index (χ1) is 22.3. The predicted molar refractivity (Wildman–Crippen MR) is 171 cm³/mol. The number of carboxylic acid groups (broad SMARTS) is 1. The molecule has 0 bridgehead atoms. The molecule has 2 saturated heterocycles. The number of fused-ring (bicyclic) bond motifs is 2. The van der Waals surface area contributed by atoms with Crippen LogP contribution in [-0.4, -0.2) is 93.1 Å². The van der Waals surface area contributed by atoms with Gasteiger partial charge in [-0.1, -0.05) is 36.0 Å². The number of aromatic nitrogens is 4. The van der Waals surface area contributed by atoms with Crippen LogP contribution in [0.4, 0.5) is 0 Å². The number of imidazole rings is 2. The van der Waals surface area contributed by atoms with Gasteiger partial charge in [0.1, 0.15) is 22.9 Å². The second-order valence-electron chi connectivity index (χ2n) is 10.6. The molecule has 13 nitrogen and oxygen atoms in total. The lowest BCUT2D eigenvalue weighted by Gasteiger charge is -2.49. The number of hydrogen-bond donors (Lipinski definition) is 5. The lowest BCUT2D eigenvalue weighted by molar-refractivity contribution is -0.150. The van der Waals surface area contributed by atoms with Gasteiger partial charge in [0, 0.05) is 36.8 Å². The number of allylic oxidation sites excluding steroid dienone is 1. The highest BCUT2D eigenvalue weighted by molar-refractivity contribution is 8.00. The Morgan fingerprint density at radius 1 is 1.15 bits per heavy atom.